The number of aliphatic hydroxyl groups excluding tert-OH is 1. The largest absolute Gasteiger partial charge is 0.384 e. The molecule has 4 nitrogen and oxygen atoms in total. The van der Waals surface area contributed by atoms with Gasteiger partial charge in [-0.25, -0.2) is 8.42 Å². The molecule has 1 fully saturated rings. The number of rotatable bonds is 1. The van der Waals surface area contributed by atoms with E-state index in [2.05, 4.69) is 11.8 Å². The Morgan fingerprint density at radius 2 is 2.21 bits per heavy atom. The summed E-state index contributed by atoms with van der Waals surface area (Å²) in [6.07, 6.45) is 0. The van der Waals surface area contributed by atoms with Crippen LogP contribution in [0.5, 0.6) is 0 Å². The van der Waals surface area contributed by atoms with Crippen molar-refractivity contribution >= 4 is 15.7 Å². The molecule has 1 unspecified atom stereocenters. The highest BCUT2D eigenvalue weighted by molar-refractivity contribution is 7.93. The van der Waals surface area contributed by atoms with Crippen molar-refractivity contribution in [2.75, 3.05) is 23.2 Å². The second kappa shape index (κ2) is 5.24. The zero-order valence-corrected chi connectivity index (χ0v) is 11.9. The van der Waals surface area contributed by atoms with E-state index in [1.54, 1.807) is 6.07 Å². The normalized spacial score (nSPS) is 21.0. The lowest BCUT2D eigenvalue weighted by atomic mass is 10.1. The van der Waals surface area contributed by atoms with Gasteiger partial charge in [0.25, 0.3) is 0 Å². The number of anilines is 1. The maximum atomic E-state index is 12.1. The minimum Gasteiger partial charge on any atom is -0.384 e. The van der Waals surface area contributed by atoms with Crippen LogP contribution in [0.4, 0.5) is 5.69 Å². The fourth-order valence-corrected chi connectivity index (χ4v) is 4.23. The molecule has 1 atom stereocenters. The monoisotopic (exact) mass is 279 g/mol. The Bertz CT molecular complexity index is 640. The molecule has 1 aliphatic heterocycles. The van der Waals surface area contributed by atoms with Gasteiger partial charge in [-0.15, -0.1) is 0 Å². The molecule has 0 bridgehead atoms. The van der Waals surface area contributed by atoms with E-state index in [0.29, 0.717) is 17.8 Å². The summed E-state index contributed by atoms with van der Waals surface area (Å²) in [7, 11) is -3.21. The lowest BCUT2D eigenvalue weighted by Crippen LogP contribution is -2.26. The first-order chi connectivity index (χ1) is 8.94. The van der Waals surface area contributed by atoms with Crippen LogP contribution in [0.25, 0.3) is 0 Å². The van der Waals surface area contributed by atoms with E-state index in [0.717, 1.165) is 5.56 Å². The molecule has 19 heavy (non-hydrogen) atoms. The summed E-state index contributed by atoms with van der Waals surface area (Å²) >= 11 is 0. The molecule has 102 valence electrons. The smallest absolute Gasteiger partial charge is 0.235 e. The molecule has 0 aliphatic carbocycles. The summed E-state index contributed by atoms with van der Waals surface area (Å²) in [4.78, 5) is 0. The highest BCUT2D eigenvalue weighted by Gasteiger charge is 2.34. The molecular formula is C14H17NO3S. The molecule has 0 radical (unpaired) electrons. The molecule has 0 aromatic heterocycles. The molecular weight excluding hydrogens is 262 g/mol. The fourth-order valence-electron chi connectivity index (χ4n) is 2.24. The van der Waals surface area contributed by atoms with Crippen molar-refractivity contribution in [3.8, 4) is 11.8 Å². The second-order valence-corrected chi connectivity index (χ2v) is 6.81. The molecule has 1 heterocycles. The van der Waals surface area contributed by atoms with Crippen LogP contribution >= 0.6 is 0 Å². The van der Waals surface area contributed by atoms with Crippen molar-refractivity contribution in [3.05, 3.63) is 29.3 Å². The van der Waals surface area contributed by atoms with Crippen molar-refractivity contribution < 1.29 is 13.5 Å². The average molecular weight is 279 g/mol. The number of sulfonamides is 1. The quantitative estimate of drug-likeness (QED) is 0.784. The highest BCUT2D eigenvalue weighted by Crippen LogP contribution is 2.30. The van der Waals surface area contributed by atoms with Crippen LogP contribution < -0.4 is 4.31 Å². The summed E-state index contributed by atoms with van der Waals surface area (Å²) in [5.74, 6) is 5.70. The number of hydrogen-bond donors (Lipinski definition) is 1. The second-order valence-electron chi connectivity index (χ2n) is 4.88. The number of benzene rings is 1. The van der Waals surface area contributed by atoms with Crippen molar-refractivity contribution in [1.29, 1.82) is 0 Å². The molecule has 0 saturated carbocycles. The number of aliphatic hydroxyl groups is 1. The van der Waals surface area contributed by atoms with E-state index in [9.17, 15) is 8.42 Å². The van der Waals surface area contributed by atoms with Gasteiger partial charge in [-0.3, -0.25) is 4.31 Å². The molecule has 0 spiro atoms. The molecule has 2 rings (SSSR count). The van der Waals surface area contributed by atoms with Gasteiger partial charge in [-0.2, -0.15) is 0 Å². The first-order valence-electron chi connectivity index (χ1n) is 6.15. The molecule has 1 aromatic carbocycles. The van der Waals surface area contributed by atoms with Gasteiger partial charge in [-0.05, 0) is 30.5 Å². The molecule has 1 aliphatic rings. The van der Waals surface area contributed by atoms with Crippen LogP contribution in [0.2, 0.25) is 0 Å². The molecule has 1 saturated heterocycles. The average Bonchev–Trinajstić information content (AvgIpc) is 2.61. The van der Waals surface area contributed by atoms with Gasteiger partial charge in [0, 0.05) is 12.1 Å². The van der Waals surface area contributed by atoms with Crippen LogP contribution in [-0.4, -0.2) is 32.4 Å². The van der Waals surface area contributed by atoms with E-state index < -0.39 is 10.0 Å². The Kier molecular flexibility index (Phi) is 3.83. The van der Waals surface area contributed by atoms with E-state index in [1.807, 2.05) is 26.0 Å². The van der Waals surface area contributed by atoms with Gasteiger partial charge < -0.3 is 5.11 Å². The molecule has 5 heteroatoms. The molecule has 1 N–H and O–H groups in total. The minimum atomic E-state index is -3.21. The van der Waals surface area contributed by atoms with Crippen molar-refractivity contribution in [2.24, 2.45) is 5.92 Å². The minimum absolute atomic E-state index is 0.136. The summed E-state index contributed by atoms with van der Waals surface area (Å²) in [6, 6.07) is 5.45. The van der Waals surface area contributed by atoms with Crippen LogP contribution in [0, 0.1) is 24.7 Å². The fraction of sp³-hybridized carbons (Fsp3) is 0.429. The number of nitrogens with zero attached hydrogens (tertiary/aromatic N) is 1. The van der Waals surface area contributed by atoms with E-state index in [-0.39, 0.29) is 18.3 Å². The van der Waals surface area contributed by atoms with Crippen LogP contribution in [0.3, 0.4) is 0 Å². The molecule has 1 aromatic rings. The lowest BCUT2D eigenvalue weighted by Gasteiger charge is -2.19. The predicted molar refractivity (Wildman–Crippen MR) is 75.4 cm³/mol. The van der Waals surface area contributed by atoms with Gasteiger partial charge in [-0.1, -0.05) is 24.8 Å². The topological polar surface area (TPSA) is 57.6 Å². The summed E-state index contributed by atoms with van der Waals surface area (Å²) in [5, 5.41) is 8.70. The number of hydrogen-bond acceptors (Lipinski definition) is 3. The summed E-state index contributed by atoms with van der Waals surface area (Å²) in [6.45, 7) is 4.13. The van der Waals surface area contributed by atoms with Crippen LogP contribution in [-0.2, 0) is 10.0 Å². The predicted octanol–water partition coefficient (Wildman–Crippen LogP) is 1.12. The Morgan fingerprint density at radius 3 is 2.79 bits per heavy atom. The van der Waals surface area contributed by atoms with Crippen LogP contribution in [0.1, 0.15) is 18.1 Å². The van der Waals surface area contributed by atoms with Crippen molar-refractivity contribution in [2.45, 2.75) is 13.8 Å². The third kappa shape index (κ3) is 2.91. The standard InChI is InChI=1S/C14H17NO3S/c1-11-9-15(19(17,18)10-11)14-8-13(4-3-7-16)6-5-12(14)2/h5-6,8,11,16H,7,9-10H2,1-2H3. The van der Waals surface area contributed by atoms with Gasteiger partial charge in [0.15, 0.2) is 0 Å². The number of aryl methyl sites for hydroxylation is 1. The Morgan fingerprint density at radius 1 is 1.47 bits per heavy atom. The first-order valence-corrected chi connectivity index (χ1v) is 7.76. The third-order valence-corrected chi connectivity index (χ3v) is 5.11. The van der Waals surface area contributed by atoms with Gasteiger partial charge >= 0.3 is 0 Å². The Labute approximate surface area is 114 Å². The van der Waals surface area contributed by atoms with Gasteiger partial charge in [0.05, 0.1) is 11.4 Å². The van der Waals surface area contributed by atoms with Crippen molar-refractivity contribution in [1.82, 2.24) is 0 Å². The van der Waals surface area contributed by atoms with E-state index >= 15 is 0 Å². The first kappa shape index (κ1) is 13.9. The molecule has 0 amide bonds. The van der Waals surface area contributed by atoms with E-state index in [4.69, 9.17) is 5.11 Å². The van der Waals surface area contributed by atoms with Gasteiger partial charge in [0.2, 0.25) is 10.0 Å². The Hall–Kier alpha value is -1.51. The SMILES string of the molecule is Cc1ccc(C#CCO)cc1N1CC(C)CS1(=O)=O. The summed E-state index contributed by atoms with van der Waals surface area (Å²) in [5.41, 5.74) is 2.31. The van der Waals surface area contributed by atoms with Crippen molar-refractivity contribution in [3.63, 3.8) is 0 Å². The van der Waals surface area contributed by atoms with Gasteiger partial charge in [0.1, 0.15) is 6.61 Å². The lowest BCUT2D eigenvalue weighted by molar-refractivity contribution is 0.350. The van der Waals surface area contributed by atoms with Crippen LogP contribution in [0.15, 0.2) is 18.2 Å². The Balaban J connectivity index is 2.44. The maximum Gasteiger partial charge on any atom is 0.235 e. The maximum absolute atomic E-state index is 12.1. The zero-order chi connectivity index (χ0) is 14.0. The third-order valence-electron chi connectivity index (χ3n) is 3.10. The highest BCUT2D eigenvalue weighted by atomic mass is 32.2. The zero-order valence-electron chi connectivity index (χ0n) is 11.0. The summed E-state index contributed by atoms with van der Waals surface area (Å²) < 4.78 is 25.7. The van der Waals surface area contributed by atoms with E-state index in [1.165, 1.54) is 4.31 Å².